The molecule has 2 aromatic rings. The van der Waals surface area contributed by atoms with E-state index in [0.29, 0.717) is 6.54 Å². The molecule has 25 heavy (non-hydrogen) atoms. The van der Waals surface area contributed by atoms with Gasteiger partial charge in [0.1, 0.15) is 6.54 Å². The molecule has 0 saturated carbocycles. The Labute approximate surface area is 161 Å². The average Bonchev–Trinajstić information content (AvgIpc) is 2.64. The first-order chi connectivity index (χ1) is 11.8. The van der Waals surface area contributed by atoms with Gasteiger partial charge >= 0.3 is 0 Å². The number of nitrogens with two attached hydrogens (primary N) is 2. The Kier molecular flexibility index (Phi) is 10.7. The van der Waals surface area contributed by atoms with E-state index in [9.17, 15) is 0 Å². The van der Waals surface area contributed by atoms with Crippen LogP contribution in [0.1, 0.15) is 24.8 Å². The van der Waals surface area contributed by atoms with Gasteiger partial charge in [-0.05, 0) is 38.1 Å². The third kappa shape index (κ3) is 7.77. The Morgan fingerprint density at radius 3 is 2.24 bits per heavy atom. The van der Waals surface area contributed by atoms with E-state index in [1.807, 2.05) is 29.4 Å². The molecule has 0 amide bonds. The Morgan fingerprint density at radius 2 is 1.60 bits per heavy atom. The third-order valence-electron chi connectivity index (χ3n) is 3.76. The number of pyridine rings is 1. The summed E-state index contributed by atoms with van der Waals surface area (Å²) in [6.45, 7) is 3.22. The minimum atomic E-state index is 0. The summed E-state index contributed by atoms with van der Waals surface area (Å²) in [5.74, 6) is 0. The lowest BCUT2D eigenvalue weighted by Gasteiger charge is -2.18. The van der Waals surface area contributed by atoms with Gasteiger partial charge in [0.15, 0.2) is 12.4 Å². The van der Waals surface area contributed by atoms with Crippen LogP contribution in [0.3, 0.4) is 0 Å². The molecule has 0 unspecified atom stereocenters. The summed E-state index contributed by atoms with van der Waals surface area (Å²) in [6.07, 6.45) is 9.14. The number of hydrogen-bond acceptors (Lipinski definition) is 4. The Hall–Kier alpha value is -1.76. The largest absolute Gasteiger partial charge is 1.00 e. The number of rotatable bonds is 10. The van der Waals surface area contributed by atoms with Crippen LogP contribution in [0.2, 0.25) is 0 Å². The fourth-order valence-electron chi connectivity index (χ4n) is 2.37. The van der Waals surface area contributed by atoms with Crippen molar-refractivity contribution in [3.05, 3.63) is 60.4 Å². The summed E-state index contributed by atoms with van der Waals surface area (Å²) in [5.41, 5.74) is 13.3. The van der Waals surface area contributed by atoms with Crippen LogP contribution in [0, 0.1) is 0 Å². The lowest BCUT2D eigenvalue weighted by atomic mass is 10.2. The summed E-state index contributed by atoms with van der Waals surface area (Å²) < 4.78 is 2.18. The van der Waals surface area contributed by atoms with Gasteiger partial charge in [-0.3, -0.25) is 5.01 Å². The molecule has 6 heteroatoms. The third-order valence-corrected chi connectivity index (χ3v) is 3.76. The van der Waals surface area contributed by atoms with Crippen LogP contribution >= 0.6 is 0 Å². The number of nitrogens with zero attached hydrogens (tertiary/aromatic N) is 3. The predicted octanol–water partition coefficient (Wildman–Crippen LogP) is -1.09. The minimum absolute atomic E-state index is 0. The van der Waals surface area contributed by atoms with Crippen molar-refractivity contribution in [1.29, 1.82) is 0 Å². The van der Waals surface area contributed by atoms with E-state index < -0.39 is 0 Å². The van der Waals surface area contributed by atoms with E-state index in [1.165, 1.54) is 0 Å². The maximum Gasteiger partial charge on any atom is 0.169 e. The maximum absolute atomic E-state index is 5.64. The summed E-state index contributed by atoms with van der Waals surface area (Å²) in [5, 5.41) is 6.63. The molecule has 0 atom stereocenters. The van der Waals surface area contributed by atoms with Gasteiger partial charge in [0, 0.05) is 30.7 Å². The lowest BCUT2D eigenvalue weighted by Crippen LogP contribution is -3.00. The predicted molar refractivity (Wildman–Crippen MR) is 100.0 cm³/mol. The van der Waals surface area contributed by atoms with Crippen LogP contribution in [0.15, 0.2) is 60.0 Å². The highest BCUT2D eigenvalue weighted by molar-refractivity contribution is 5.79. The zero-order valence-corrected chi connectivity index (χ0v) is 16.2. The highest BCUT2D eigenvalue weighted by Crippen LogP contribution is 2.13. The zero-order chi connectivity index (χ0) is 17.0. The summed E-state index contributed by atoms with van der Waals surface area (Å²) in [4.78, 5) is 0. The molecule has 2 rings (SSSR count). The first-order valence-electron chi connectivity index (χ1n) is 8.59. The van der Waals surface area contributed by atoms with Crippen molar-refractivity contribution in [3.8, 4) is 0 Å². The highest BCUT2D eigenvalue weighted by Gasteiger charge is 2.04. The quantitative estimate of drug-likeness (QED) is 0.228. The Bertz CT molecular complexity index is 601. The van der Waals surface area contributed by atoms with Gasteiger partial charge in [-0.1, -0.05) is 18.2 Å². The van der Waals surface area contributed by atoms with E-state index in [-0.39, 0.29) is 17.0 Å². The molecule has 0 saturated heterocycles. The average molecular weight is 406 g/mol. The van der Waals surface area contributed by atoms with Gasteiger partial charge in [0.05, 0.1) is 11.9 Å². The number of para-hydroxylation sites is 1. The second-order valence-electron chi connectivity index (χ2n) is 5.71. The first kappa shape index (κ1) is 21.3. The van der Waals surface area contributed by atoms with E-state index in [2.05, 4.69) is 46.3 Å². The fraction of sp³-hybridized carbons (Fsp3) is 0.368. The molecule has 0 fully saturated rings. The Balaban J connectivity index is 0.00000312. The van der Waals surface area contributed by atoms with Crippen LogP contribution in [0.25, 0.3) is 0 Å². The molecule has 0 spiro atoms. The van der Waals surface area contributed by atoms with Gasteiger partial charge in [0.25, 0.3) is 0 Å². The molecule has 0 aliphatic heterocycles. The normalized spacial score (nSPS) is 10.6. The molecular weight excluding hydrogens is 378 g/mol. The van der Waals surface area contributed by atoms with Gasteiger partial charge in [-0.2, -0.15) is 5.10 Å². The standard InChI is InChI=1S/C19H28N5.BrH/c20-11-4-5-13-23-15-9-18(10-16-23)17-22-24(14-6-12-21)19-7-2-1-3-8-19;/h1-3,7-10,15-17H,4-6,11-14,20-21H2;1H/q+1;/p-1. The van der Waals surface area contributed by atoms with Crippen molar-refractivity contribution < 1.29 is 21.5 Å². The van der Waals surface area contributed by atoms with Crippen LogP contribution in [0.5, 0.6) is 0 Å². The fourth-order valence-corrected chi connectivity index (χ4v) is 2.37. The molecule has 1 aromatic carbocycles. The minimum Gasteiger partial charge on any atom is -1.00 e. The van der Waals surface area contributed by atoms with Gasteiger partial charge in [0.2, 0.25) is 0 Å². The summed E-state index contributed by atoms with van der Waals surface area (Å²) in [7, 11) is 0. The molecule has 4 N–H and O–H groups in total. The van der Waals surface area contributed by atoms with E-state index >= 15 is 0 Å². The molecule has 0 aliphatic carbocycles. The second kappa shape index (κ2) is 12.6. The van der Waals surface area contributed by atoms with Crippen molar-refractivity contribution in [1.82, 2.24) is 0 Å². The number of unbranched alkanes of at least 4 members (excludes halogenated alkanes) is 1. The number of hydrazone groups is 1. The molecule has 1 aromatic heterocycles. The van der Waals surface area contributed by atoms with E-state index in [4.69, 9.17) is 11.5 Å². The monoisotopic (exact) mass is 405 g/mol. The molecule has 0 aliphatic rings. The van der Waals surface area contributed by atoms with E-state index in [0.717, 1.165) is 50.1 Å². The van der Waals surface area contributed by atoms with Crippen molar-refractivity contribution in [2.75, 3.05) is 24.6 Å². The van der Waals surface area contributed by atoms with Crippen LogP contribution in [-0.4, -0.2) is 25.8 Å². The van der Waals surface area contributed by atoms with Gasteiger partial charge < -0.3 is 28.4 Å². The number of benzene rings is 1. The van der Waals surface area contributed by atoms with Gasteiger partial charge in [-0.15, -0.1) is 0 Å². The van der Waals surface area contributed by atoms with Crippen molar-refractivity contribution >= 4 is 11.9 Å². The van der Waals surface area contributed by atoms with Crippen molar-refractivity contribution in [3.63, 3.8) is 0 Å². The topological polar surface area (TPSA) is 71.5 Å². The van der Waals surface area contributed by atoms with E-state index in [1.54, 1.807) is 0 Å². The number of hydrogen-bond donors (Lipinski definition) is 2. The Morgan fingerprint density at radius 1 is 0.920 bits per heavy atom. The van der Waals surface area contributed by atoms with Gasteiger partial charge in [-0.25, -0.2) is 4.57 Å². The second-order valence-corrected chi connectivity index (χ2v) is 5.71. The molecule has 136 valence electrons. The molecular formula is C19H28BrN5. The molecule has 0 radical (unpaired) electrons. The SMILES string of the molecule is NCCCC[n+]1ccc(/C=N/N(CCCN)c2ccccc2)cc1.[Br-]. The van der Waals surface area contributed by atoms with Crippen LogP contribution in [0.4, 0.5) is 5.69 Å². The molecule has 1 heterocycles. The van der Waals surface area contributed by atoms with Crippen LogP contribution in [-0.2, 0) is 6.54 Å². The van der Waals surface area contributed by atoms with Crippen molar-refractivity contribution in [2.24, 2.45) is 16.6 Å². The first-order valence-corrected chi connectivity index (χ1v) is 8.59. The maximum atomic E-state index is 5.64. The lowest BCUT2D eigenvalue weighted by molar-refractivity contribution is -0.697. The number of aromatic nitrogens is 1. The smallest absolute Gasteiger partial charge is 0.169 e. The highest BCUT2D eigenvalue weighted by atomic mass is 79.9. The number of halogens is 1. The number of aryl methyl sites for hydroxylation is 1. The van der Waals surface area contributed by atoms with Crippen LogP contribution < -0.4 is 38.0 Å². The summed E-state index contributed by atoms with van der Waals surface area (Å²) in [6, 6.07) is 14.3. The molecule has 0 bridgehead atoms. The molecule has 5 nitrogen and oxygen atoms in total. The zero-order valence-electron chi connectivity index (χ0n) is 14.6. The number of anilines is 1. The van der Waals surface area contributed by atoms with Crippen molar-refractivity contribution in [2.45, 2.75) is 25.8 Å². The summed E-state index contributed by atoms with van der Waals surface area (Å²) >= 11 is 0.